The Kier molecular flexibility index (Phi) is 6.90. The fourth-order valence-electron chi connectivity index (χ4n) is 4.46. The van der Waals surface area contributed by atoms with Crippen molar-refractivity contribution in [3.8, 4) is 11.5 Å². The average molecular weight is 410 g/mol. The van der Waals surface area contributed by atoms with E-state index in [9.17, 15) is 4.79 Å². The Bertz CT molecular complexity index is 833. The van der Waals surface area contributed by atoms with Gasteiger partial charge in [0.1, 0.15) is 6.61 Å². The van der Waals surface area contributed by atoms with Crippen molar-refractivity contribution in [2.45, 2.75) is 44.6 Å². The van der Waals surface area contributed by atoms with E-state index in [0.29, 0.717) is 18.9 Å². The molecule has 1 saturated heterocycles. The Balaban J connectivity index is 1.24. The van der Waals surface area contributed by atoms with Gasteiger partial charge in [0.2, 0.25) is 0 Å². The molecule has 0 aromatic heterocycles. The molecular formula is C25H31NO4. The molecule has 1 aliphatic carbocycles. The molecule has 0 saturated carbocycles. The van der Waals surface area contributed by atoms with Crippen molar-refractivity contribution in [2.24, 2.45) is 5.92 Å². The minimum absolute atomic E-state index is 0.0644. The van der Waals surface area contributed by atoms with E-state index in [1.807, 2.05) is 24.3 Å². The molecule has 0 bridgehead atoms. The van der Waals surface area contributed by atoms with Gasteiger partial charge in [-0.25, -0.2) is 0 Å². The van der Waals surface area contributed by atoms with Crippen LogP contribution in [0.4, 0.5) is 0 Å². The van der Waals surface area contributed by atoms with Crippen LogP contribution in [-0.2, 0) is 4.79 Å². The lowest BCUT2D eigenvalue weighted by Gasteiger charge is -2.32. The smallest absolute Gasteiger partial charge is 0.303 e. The van der Waals surface area contributed by atoms with Gasteiger partial charge in [0.15, 0.2) is 17.6 Å². The monoisotopic (exact) mass is 409 g/mol. The topological polar surface area (TPSA) is 59.0 Å². The summed E-state index contributed by atoms with van der Waals surface area (Å²) in [6.07, 6.45) is 14.3. The van der Waals surface area contributed by atoms with Gasteiger partial charge >= 0.3 is 5.97 Å². The first-order chi connectivity index (χ1) is 14.7. The number of allylic oxidation sites excluding steroid dienone is 2. The minimum Gasteiger partial charge on any atom is -0.485 e. The number of hydrogen-bond donors (Lipinski definition) is 1. The van der Waals surface area contributed by atoms with Crippen LogP contribution < -0.4 is 9.47 Å². The lowest BCUT2D eigenvalue weighted by Crippen LogP contribution is -2.35. The minimum atomic E-state index is -0.679. The maximum atomic E-state index is 10.7. The van der Waals surface area contributed by atoms with Crippen molar-refractivity contribution in [3.63, 3.8) is 0 Å². The van der Waals surface area contributed by atoms with Crippen LogP contribution in [0.2, 0.25) is 0 Å². The number of carboxylic acids is 1. The third-order valence-corrected chi connectivity index (χ3v) is 6.22. The number of ether oxygens (including phenoxy) is 2. The van der Waals surface area contributed by atoms with Crippen molar-refractivity contribution in [2.75, 3.05) is 26.2 Å². The zero-order valence-electron chi connectivity index (χ0n) is 17.5. The Hall–Kier alpha value is -2.53. The first kappa shape index (κ1) is 20.7. The molecule has 0 amide bonds. The molecule has 160 valence electrons. The lowest BCUT2D eigenvalue weighted by molar-refractivity contribution is -0.137. The highest BCUT2D eigenvalue weighted by Crippen LogP contribution is 2.33. The van der Waals surface area contributed by atoms with E-state index in [0.717, 1.165) is 50.4 Å². The van der Waals surface area contributed by atoms with Crippen molar-refractivity contribution in [3.05, 3.63) is 59.7 Å². The van der Waals surface area contributed by atoms with Crippen LogP contribution in [0.15, 0.2) is 59.7 Å². The molecule has 0 spiro atoms. The number of likely N-dealkylation sites (tertiary alicyclic amines) is 1. The zero-order valence-corrected chi connectivity index (χ0v) is 17.5. The molecule has 1 aromatic carbocycles. The number of hydrogen-bond acceptors (Lipinski definition) is 4. The number of carboxylic acid groups (broad SMARTS) is 1. The predicted octanol–water partition coefficient (Wildman–Crippen LogP) is 4.61. The van der Waals surface area contributed by atoms with Crippen LogP contribution in [0, 0.1) is 5.92 Å². The van der Waals surface area contributed by atoms with Crippen LogP contribution in [0.5, 0.6) is 11.5 Å². The quantitative estimate of drug-likeness (QED) is 0.713. The normalized spacial score (nSPS) is 22.2. The summed E-state index contributed by atoms with van der Waals surface area (Å²) in [7, 11) is 0. The van der Waals surface area contributed by atoms with Gasteiger partial charge in [-0.05, 0) is 74.4 Å². The molecule has 5 heteroatoms. The summed E-state index contributed by atoms with van der Waals surface area (Å²) in [4.78, 5) is 13.2. The van der Waals surface area contributed by atoms with E-state index in [1.165, 1.54) is 24.0 Å². The van der Waals surface area contributed by atoms with Gasteiger partial charge in [-0.15, -0.1) is 0 Å². The highest BCUT2D eigenvalue weighted by atomic mass is 16.6. The summed E-state index contributed by atoms with van der Waals surface area (Å²) < 4.78 is 12.0. The van der Waals surface area contributed by atoms with Crippen LogP contribution >= 0.6 is 0 Å². The number of para-hydroxylation sites is 2. The first-order valence-electron chi connectivity index (χ1n) is 11.1. The molecule has 3 aliphatic rings. The number of aliphatic carboxylic acids is 1. The van der Waals surface area contributed by atoms with Crippen molar-refractivity contribution in [1.29, 1.82) is 0 Å². The molecule has 2 aliphatic heterocycles. The Morgan fingerprint density at radius 3 is 2.70 bits per heavy atom. The number of carbonyl (C=O) groups is 1. The third kappa shape index (κ3) is 5.54. The number of nitrogens with zero attached hydrogens (tertiary/aromatic N) is 1. The van der Waals surface area contributed by atoms with E-state index in [-0.39, 0.29) is 6.10 Å². The second-order valence-electron chi connectivity index (χ2n) is 8.42. The molecule has 1 fully saturated rings. The van der Waals surface area contributed by atoms with Crippen LogP contribution in [0.1, 0.15) is 38.5 Å². The first-order valence-corrected chi connectivity index (χ1v) is 11.1. The second-order valence-corrected chi connectivity index (χ2v) is 8.42. The molecule has 1 aromatic rings. The van der Waals surface area contributed by atoms with Gasteiger partial charge in [0, 0.05) is 13.0 Å². The fourth-order valence-corrected chi connectivity index (χ4v) is 4.46. The Morgan fingerprint density at radius 1 is 1.10 bits per heavy atom. The highest BCUT2D eigenvalue weighted by molar-refractivity contribution is 5.66. The van der Waals surface area contributed by atoms with Crippen molar-refractivity contribution in [1.82, 2.24) is 4.90 Å². The van der Waals surface area contributed by atoms with Crippen molar-refractivity contribution >= 4 is 5.97 Å². The summed E-state index contributed by atoms with van der Waals surface area (Å²) in [5, 5.41) is 8.80. The standard InChI is InChI=1S/C25H31NO4/c27-25(28)10-4-5-19-13-15-26(16-14-19)17-20-6-3-7-21(12-11-20)24-18-29-22-8-1-2-9-23(22)30-24/h1-2,6-9,11-12,19,24H,3-5,10,13-18H2,(H,27,28)/t24-/m1/s1. The second kappa shape index (κ2) is 9.98. The largest absolute Gasteiger partial charge is 0.485 e. The van der Waals surface area contributed by atoms with Crippen LogP contribution in [0.25, 0.3) is 0 Å². The van der Waals surface area contributed by atoms with E-state index in [4.69, 9.17) is 14.6 Å². The Labute approximate surface area is 178 Å². The number of fused-ring (bicyclic) bond motifs is 1. The third-order valence-electron chi connectivity index (χ3n) is 6.22. The van der Waals surface area contributed by atoms with E-state index >= 15 is 0 Å². The van der Waals surface area contributed by atoms with Gasteiger partial charge in [-0.3, -0.25) is 9.69 Å². The molecule has 1 N–H and O–H groups in total. The van der Waals surface area contributed by atoms with E-state index < -0.39 is 5.97 Å². The molecular weight excluding hydrogens is 378 g/mol. The van der Waals surface area contributed by atoms with Gasteiger partial charge in [0.25, 0.3) is 0 Å². The number of benzene rings is 1. The van der Waals surface area contributed by atoms with Gasteiger partial charge in [-0.1, -0.05) is 36.4 Å². The van der Waals surface area contributed by atoms with Crippen LogP contribution in [-0.4, -0.2) is 48.3 Å². The molecule has 1 atom stereocenters. The maximum absolute atomic E-state index is 10.7. The average Bonchev–Trinajstić information content (AvgIpc) is 3.00. The van der Waals surface area contributed by atoms with E-state index in [1.54, 1.807) is 0 Å². The summed E-state index contributed by atoms with van der Waals surface area (Å²) in [6, 6.07) is 7.83. The zero-order chi connectivity index (χ0) is 20.8. The summed E-state index contributed by atoms with van der Waals surface area (Å²) in [5.74, 6) is 1.63. The molecule has 4 rings (SSSR count). The molecule has 5 nitrogen and oxygen atoms in total. The molecule has 30 heavy (non-hydrogen) atoms. The summed E-state index contributed by atoms with van der Waals surface area (Å²) >= 11 is 0. The predicted molar refractivity (Wildman–Crippen MR) is 117 cm³/mol. The molecule has 0 radical (unpaired) electrons. The lowest BCUT2D eigenvalue weighted by atomic mass is 9.91. The summed E-state index contributed by atoms with van der Waals surface area (Å²) in [6.45, 7) is 3.71. The molecule has 2 heterocycles. The van der Waals surface area contributed by atoms with Crippen LogP contribution in [0.3, 0.4) is 0 Å². The van der Waals surface area contributed by atoms with Gasteiger partial charge < -0.3 is 14.6 Å². The molecule has 0 unspecified atom stereocenters. The summed E-state index contributed by atoms with van der Waals surface area (Å²) in [5.41, 5.74) is 2.52. The number of rotatable bonds is 7. The van der Waals surface area contributed by atoms with E-state index in [2.05, 4.69) is 29.2 Å². The van der Waals surface area contributed by atoms with Crippen molar-refractivity contribution < 1.29 is 19.4 Å². The van der Waals surface area contributed by atoms with Gasteiger partial charge in [-0.2, -0.15) is 0 Å². The van der Waals surface area contributed by atoms with Gasteiger partial charge in [0.05, 0.1) is 0 Å². The highest BCUT2D eigenvalue weighted by Gasteiger charge is 2.24. The maximum Gasteiger partial charge on any atom is 0.303 e. The fraction of sp³-hybridized carbons (Fsp3) is 0.480. The Morgan fingerprint density at radius 2 is 1.90 bits per heavy atom. The SMILES string of the molecule is O=C(O)CCCC1CCN(CC2=CCC=C([C@H]3COc4ccccc4O3)C=C2)CC1. The number of piperidine rings is 1.